The van der Waals surface area contributed by atoms with Crippen molar-refractivity contribution in [2.75, 3.05) is 0 Å². The minimum absolute atomic E-state index is 0.334. The van der Waals surface area contributed by atoms with Crippen LogP contribution in [-0.2, 0) is 7.05 Å². The molecule has 0 saturated carbocycles. The van der Waals surface area contributed by atoms with Gasteiger partial charge in [-0.25, -0.2) is 9.07 Å². The fourth-order valence-electron chi connectivity index (χ4n) is 1.11. The Hall–Kier alpha value is -1.16. The number of hydrogen-bond acceptors (Lipinski definition) is 2. The summed E-state index contributed by atoms with van der Waals surface area (Å²) in [5, 5.41) is 7.73. The second-order valence-electron chi connectivity index (χ2n) is 2.47. The number of halogens is 2. The standard InChI is InChI=1S/C7H5ClFN3/c1-12-7-5(9)2-4(8)3-6(7)10-11-12/h2-3H,1H3. The highest BCUT2D eigenvalue weighted by Crippen LogP contribution is 2.19. The van der Waals surface area contributed by atoms with Gasteiger partial charge in [0, 0.05) is 12.1 Å². The SMILES string of the molecule is Cn1nnc2cc(Cl)cc(F)c21. The molecule has 62 valence electrons. The van der Waals surface area contributed by atoms with Crippen molar-refractivity contribution in [3.8, 4) is 0 Å². The molecule has 2 rings (SSSR count). The lowest BCUT2D eigenvalue weighted by molar-refractivity contribution is 0.623. The van der Waals surface area contributed by atoms with E-state index in [2.05, 4.69) is 10.3 Å². The summed E-state index contributed by atoms with van der Waals surface area (Å²) in [6, 6.07) is 2.82. The van der Waals surface area contributed by atoms with E-state index in [9.17, 15) is 4.39 Å². The lowest BCUT2D eigenvalue weighted by atomic mass is 10.3. The predicted octanol–water partition coefficient (Wildman–Crippen LogP) is 1.76. The zero-order chi connectivity index (χ0) is 8.72. The molecule has 0 fully saturated rings. The normalized spacial score (nSPS) is 10.9. The van der Waals surface area contributed by atoms with Gasteiger partial charge in [-0.1, -0.05) is 16.8 Å². The van der Waals surface area contributed by atoms with E-state index in [1.165, 1.54) is 10.7 Å². The van der Waals surface area contributed by atoms with Crippen LogP contribution >= 0.6 is 11.6 Å². The van der Waals surface area contributed by atoms with E-state index in [1.807, 2.05) is 0 Å². The maximum atomic E-state index is 13.2. The summed E-state index contributed by atoms with van der Waals surface area (Å²) in [5.74, 6) is -0.398. The number of aromatic nitrogens is 3. The van der Waals surface area contributed by atoms with E-state index in [0.29, 0.717) is 16.1 Å². The van der Waals surface area contributed by atoms with Gasteiger partial charge in [0.25, 0.3) is 0 Å². The topological polar surface area (TPSA) is 30.7 Å². The highest BCUT2D eigenvalue weighted by molar-refractivity contribution is 6.31. The van der Waals surface area contributed by atoms with Crippen LogP contribution in [0.4, 0.5) is 4.39 Å². The molecule has 0 aliphatic carbocycles. The molecule has 0 saturated heterocycles. The quantitative estimate of drug-likeness (QED) is 0.626. The van der Waals surface area contributed by atoms with Crippen LogP contribution in [-0.4, -0.2) is 15.0 Å². The van der Waals surface area contributed by atoms with Crippen molar-refractivity contribution in [2.45, 2.75) is 0 Å². The molecule has 0 bridgehead atoms. The lowest BCUT2D eigenvalue weighted by Crippen LogP contribution is -1.91. The van der Waals surface area contributed by atoms with Crippen molar-refractivity contribution in [3.63, 3.8) is 0 Å². The van der Waals surface area contributed by atoms with Crippen LogP contribution in [0.2, 0.25) is 5.02 Å². The predicted molar refractivity (Wildman–Crippen MR) is 43.5 cm³/mol. The molecular weight excluding hydrogens is 181 g/mol. The Bertz CT molecular complexity index is 437. The van der Waals surface area contributed by atoms with Gasteiger partial charge in [-0.15, -0.1) is 5.10 Å². The molecule has 0 aliphatic rings. The van der Waals surface area contributed by atoms with Crippen LogP contribution in [0, 0.1) is 5.82 Å². The monoisotopic (exact) mass is 185 g/mol. The van der Waals surface area contributed by atoms with Crippen molar-refractivity contribution in [1.82, 2.24) is 15.0 Å². The van der Waals surface area contributed by atoms with E-state index >= 15 is 0 Å². The number of benzene rings is 1. The first-order chi connectivity index (χ1) is 5.68. The minimum Gasteiger partial charge on any atom is -0.245 e. The maximum absolute atomic E-state index is 13.2. The van der Waals surface area contributed by atoms with Gasteiger partial charge >= 0.3 is 0 Å². The van der Waals surface area contributed by atoms with Gasteiger partial charge < -0.3 is 0 Å². The average Bonchev–Trinajstić information content (AvgIpc) is 2.31. The molecule has 1 aromatic heterocycles. The Labute approximate surface area is 72.7 Å². The Balaban J connectivity index is 2.93. The molecule has 0 unspecified atom stereocenters. The Morgan fingerprint density at radius 3 is 3.00 bits per heavy atom. The van der Waals surface area contributed by atoms with Gasteiger partial charge in [0.05, 0.1) is 0 Å². The molecule has 12 heavy (non-hydrogen) atoms. The Kier molecular flexibility index (Phi) is 1.51. The third-order valence-electron chi connectivity index (χ3n) is 1.62. The third kappa shape index (κ3) is 0.956. The smallest absolute Gasteiger partial charge is 0.152 e. The van der Waals surface area contributed by atoms with Crippen molar-refractivity contribution in [3.05, 3.63) is 23.0 Å². The number of nitrogens with zero attached hydrogens (tertiary/aromatic N) is 3. The Morgan fingerprint density at radius 1 is 1.50 bits per heavy atom. The van der Waals surface area contributed by atoms with Crippen molar-refractivity contribution >= 4 is 22.6 Å². The van der Waals surface area contributed by atoms with Crippen LogP contribution < -0.4 is 0 Å². The number of hydrogen-bond donors (Lipinski definition) is 0. The second kappa shape index (κ2) is 2.42. The zero-order valence-corrected chi connectivity index (χ0v) is 7.01. The van der Waals surface area contributed by atoms with Crippen molar-refractivity contribution < 1.29 is 4.39 Å². The van der Waals surface area contributed by atoms with Gasteiger partial charge in [0.15, 0.2) is 5.82 Å². The number of rotatable bonds is 0. The van der Waals surface area contributed by atoms with Gasteiger partial charge in [-0.3, -0.25) is 0 Å². The molecule has 5 heteroatoms. The molecule has 2 aromatic rings. The molecule has 1 heterocycles. The first kappa shape index (κ1) is 7.49. The first-order valence-electron chi connectivity index (χ1n) is 3.33. The summed E-state index contributed by atoms with van der Waals surface area (Å²) in [7, 11) is 1.63. The van der Waals surface area contributed by atoms with E-state index in [1.54, 1.807) is 13.1 Å². The molecule has 0 atom stereocenters. The molecule has 3 nitrogen and oxygen atoms in total. The highest BCUT2D eigenvalue weighted by atomic mass is 35.5. The van der Waals surface area contributed by atoms with Crippen LogP contribution in [0.1, 0.15) is 0 Å². The summed E-state index contributed by atoms with van der Waals surface area (Å²) < 4.78 is 14.5. The van der Waals surface area contributed by atoms with E-state index in [4.69, 9.17) is 11.6 Å². The molecule has 1 aromatic carbocycles. The summed E-state index contributed by atoms with van der Waals surface area (Å²) in [6.45, 7) is 0. The molecule has 0 amide bonds. The third-order valence-corrected chi connectivity index (χ3v) is 1.84. The highest BCUT2D eigenvalue weighted by Gasteiger charge is 2.07. The minimum atomic E-state index is -0.398. The summed E-state index contributed by atoms with van der Waals surface area (Å²) >= 11 is 5.62. The number of fused-ring (bicyclic) bond motifs is 1. The number of aryl methyl sites for hydroxylation is 1. The Morgan fingerprint density at radius 2 is 2.25 bits per heavy atom. The molecule has 0 N–H and O–H groups in total. The molecular formula is C7H5ClFN3. The van der Waals surface area contributed by atoms with Gasteiger partial charge in [0.2, 0.25) is 0 Å². The molecule has 0 aliphatic heterocycles. The first-order valence-corrected chi connectivity index (χ1v) is 3.71. The van der Waals surface area contributed by atoms with E-state index in [-0.39, 0.29) is 0 Å². The van der Waals surface area contributed by atoms with Gasteiger partial charge in [-0.2, -0.15) is 0 Å². The molecule has 0 radical (unpaired) electrons. The fraction of sp³-hybridized carbons (Fsp3) is 0.143. The second-order valence-corrected chi connectivity index (χ2v) is 2.90. The van der Waals surface area contributed by atoms with Crippen LogP contribution in [0.15, 0.2) is 12.1 Å². The summed E-state index contributed by atoms with van der Waals surface area (Å²) in [4.78, 5) is 0. The van der Waals surface area contributed by atoms with E-state index in [0.717, 1.165) is 0 Å². The van der Waals surface area contributed by atoms with Gasteiger partial charge in [-0.05, 0) is 12.1 Å². The summed E-state index contributed by atoms with van der Waals surface area (Å²) in [6.07, 6.45) is 0. The van der Waals surface area contributed by atoms with E-state index < -0.39 is 5.82 Å². The lowest BCUT2D eigenvalue weighted by Gasteiger charge is -1.94. The van der Waals surface area contributed by atoms with Gasteiger partial charge in [0.1, 0.15) is 11.0 Å². The fourth-order valence-corrected chi connectivity index (χ4v) is 1.31. The maximum Gasteiger partial charge on any atom is 0.152 e. The van der Waals surface area contributed by atoms with Crippen LogP contribution in [0.25, 0.3) is 11.0 Å². The van der Waals surface area contributed by atoms with Crippen LogP contribution in [0.5, 0.6) is 0 Å². The summed E-state index contributed by atoms with van der Waals surface area (Å²) in [5.41, 5.74) is 0.849. The van der Waals surface area contributed by atoms with Crippen molar-refractivity contribution in [2.24, 2.45) is 7.05 Å². The van der Waals surface area contributed by atoms with Crippen molar-refractivity contribution in [1.29, 1.82) is 0 Å². The zero-order valence-electron chi connectivity index (χ0n) is 6.25. The average molecular weight is 186 g/mol. The molecule has 0 spiro atoms. The largest absolute Gasteiger partial charge is 0.245 e. The van der Waals surface area contributed by atoms with Crippen LogP contribution in [0.3, 0.4) is 0 Å².